The summed E-state index contributed by atoms with van der Waals surface area (Å²) in [6, 6.07) is 0.893. The van der Waals surface area contributed by atoms with Gasteiger partial charge in [0.2, 0.25) is 5.91 Å². The molecule has 0 spiro atoms. The Labute approximate surface area is 98.1 Å². The van der Waals surface area contributed by atoms with Crippen molar-refractivity contribution in [2.45, 2.75) is 58.0 Å². The van der Waals surface area contributed by atoms with Gasteiger partial charge in [0.25, 0.3) is 0 Å². The molecule has 0 radical (unpaired) electrons. The van der Waals surface area contributed by atoms with E-state index in [-0.39, 0.29) is 0 Å². The molecule has 0 bridgehead atoms. The van der Waals surface area contributed by atoms with Crippen LogP contribution in [0.15, 0.2) is 0 Å². The standard InChI is InChI=1S/C13H23NO2/c1-10-3-4-11(2)14(10)13(15)9-12-5-7-16-8-6-12/h10-12H,3-9H2,1-2H3/t10-,11+. The molecule has 3 nitrogen and oxygen atoms in total. The Hall–Kier alpha value is -0.570. The zero-order chi connectivity index (χ0) is 11.5. The van der Waals surface area contributed by atoms with Crippen LogP contribution in [-0.2, 0) is 9.53 Å². The number of ether oxygens (including phenoxy) is 1. The number of carbonyl (C=O) groups excluding carboxylic acids is 1. The molecule has 3 heteroatoms. The molecule has 0 N–H and O–H groups in total. The van der Waals surface area contributed by atoms with Crippen molar-refractivity contribution in [3.63, 3.8) is 0 Å². The number of hydrogen-bond donors (Lipinski definition) is 0. The fraction of sp³-hybridized carbons (Fsp3) is 0.923. The van der Waals surface area contributed by atoms with E-state index in [0.717, 1.165) is 32.5 Å². The van der Waals surface area contributed by atoms with Crippen molar-refractivity contribution in [3.8, 4) is 0 Å². The second kappa shape index (κ2) is 5.17. The molecule has 0 aliphatic carbocycles. The fourth-order valence-corrected chi connectivity index (χ4v) is 2.99. The van der Waals surface area contributed by atoms with Crippen LogP contribution < -0.4 is 0 Å². The van der Waals surface area contributed by atoms with Gasteiger partial charge in [-0.2, -0.15) is 0 Å². The summed E-state index contributed by atoms with van der Waals surface area (Å²) in [6.07, 6.45) is 5.18. The molecule has 2 aliphatic rings. The molecule has 2 fully saturated rings. The zero-order valence-corrected chi connectivity index (χ0v) is 10.4. The van der Waals surface area contributed by atoms with E-state index in [2.05, 4.69) is 18.7 Å². The van der Waals surface area contributed by atoms with Crippen LogP contribution in [0, 0.1) is 5.92 Å². The molecule has 16 heavy (non-hydrogen) atoms. The molecule has 0 saturated carbocycles. The molecule has 2 atom stereocenters. The Kier molecular flexibility index (Phi) is 3.85. The topological polar surface area (TPSA) is 29.5 Å². The number of likely N-dealkylation sites (tertiary alicyclic amines) is 1. The van der Waals surface area contributed by atoms with Crippen LogP contribution >= 0.6 is 0 Å². The van der Waals surface area contributed by atoms with Crippen molar-refractivity contribution in [1.29, 1.82) is 0 Å². The maximum absolute atomic E-state index is 12.2. The summed E-state index contributed by atoms with van der Waals surface area (Å²) < 4.78 is 5.32. The van der Waals surface area contributed by atoms with Crippen LogP contribution in [-0.4, -0.2) is 36.1 Å². The molecule has 2 heterocycles. The Bertz CT molecular complexity index is 238. The van der Waals surface area contributed by atoms with Gasteiger partial charge in [0.1, 0.15) is 0 Å². The van der Waals surface area contributed by atoms with Crippen molar-refractivity contribution in [1.82, 2.24) is 4.90 Å². The number of rotatable bonds is 2. The summed E-state index contributed by atoms with van der Waals surface area (Å²) in [7, 11) is 0. The van der Waals surface area contributed by atoms with E-state index in [1.165, 1.54) is 12.8 Å². The maximum Gasteiger partial charge on any atom is 0.223 e. The Morgan fingerprint density at radius 2 is 1.69 bits per heavy atom. The third-order valence-corrected chi connectivity index (χ3v) is 4.04. The first kappa shape index (κ1) is 11.9. The van der Waals surface area contributed by atoms with Gasteiger partial charge in [0.15, 0.2) is 0 Å². The molecule has 0 aromatic rings. The first-order valence-corrected chi connectivity index (χ1v) is 6.57. The monoisotopic (exact) mass is 225 g/mol. The summed E-state index contributed by atoms with van der Waals surface area (Å²) in [5.41, 5.74) is 0. The van der Waals surface area contributed by atoms with Crippen LogP contribution in [0.1, 0.15) is 46.0 Å². The van der Waals surface area contributed by atoms with Gasteiger partial charge in [0.05, 0.1) is 0 Å². The summed E-state index contributed by atoms with van der Waals surface area (Å²) >= 11 is 0. The average Bonchev–Trinajstić information content (AvgIpc) is 2.60. The van der Waals surface area contributed by atoms with Crippen LogP contribution in [0.4, 0.5) is 0 Å². The predicted octanol–water partition coefficient (Wildman–Crippen LogP) is 2.20. The molecule has 2 rings (SSSR count). The van der Waals surface area contributed by atoms with Gasteiger partial charge >= 0.3 is 0 Å². The second-order valence-electron chi connectivity index (χ2n) is 5.34. The summed E-state index contributed by atoms with van der Waals surface area (Å²) in [4.78, 5) is 14.3. The van der Waals surface area contributed by atoms with Crippen molar-refractivity contribution in [2.24, 2.45) is 5.92 Å². The van der Waals surface area contributed by atoms with E-state index >= 15 is 0 Å². The largest absolute Gasteiger partial charge is 0.381 e. The van der Waals surface area contributed by atoms with Gasteiger partial charge in [0, 0.05) is 31.7 Å². The fourth-order valence-electron chi connectivity index (χ4n) is 2.99. The average molecular weight is 225 g/mol. The smallest absolute Gasteiger partial charge is 0.223 e. The zero-order valence-electron chi connectivity index (χ0n) is 10.4. The highest BCUT2D eigenvalue weighted by atomic mass is 16.5. The normalized spacial score (nSPS) is 32.0. The van der Waals surface area contributed by atoms with Crippen LogP contribution in [0.25, 0.3) is 0 Å². The lowest BCUT2D eigenvalue weighted by molar-refractivity contribution is -0.135. The van der Waals surface area contributed by atoms with Crippen molar-refractivity contribution in [2.75, 3.05) is 13.2 Å². The van der Waals surface area contributed by atoms with Gasteiger partial charge in [-0.15, -0.1) is 0 Å². The summed E-state index contributed by atoms with van der Waals surface area (Å²) in [5, 5.41) is 0. The van der Waals surface area contributed by atoms with Crippen molar-refractivity contribution < 1.29 is 9.53 Å². The molecule has 2 aliphatic heterocycles. The van der Waals surface area contributed by atoms with E-state index in [1.54, 1.807) is 0 Å². The van der Waals surface area contributed by atoms with E-state index in [0.29, 0.717) is 23.9 Å². The second-order valence-corrected chi connectivity index (χ2v) is 5.34. The third kappa shape index (κ3) is 2.57. The van der Waals surface area contributed by atoms with Crippen LogP contribution in [0.3, 0.4) is 0 Å². The van der Waals surface area contributed by atoms with Gasteiger partial charge in [-0.25, -0.2) is 0 Å². The lowest BCUT2D eigenvalue weighted by Crippen LogP contribution is -2.39. The van der Waals surface area contributed by atoms with Crippen molar-refractivity contribution in [3.05, 3.63) is 0 Å². The van der Waals surface area contributed by atoms with Gasteiger partial charge < -0.3 is 9.64 Å². The third-order valence-electron chi connectivity index (χ3n) is 4.04. The highest BCUT2D eigenvalue weighted by molar-refractivity contribution is 5.77. The van der Waals surface area contributed by atoms with E-state index in [9.17, 15) is 4.79 Å². The van der Waals surface area contributed by atoms with Crippen LogP contribution in [0.5, 0.6) is 0 Å². The Balaban J connectivity index is 1.86. The van der Waals surface area contributed by atoms with Gasteiger partial charge in [-0.05, 0) is 45.4 Å². The quantitative estimate of drug-likeness (QED) is 0.721. The molecule has 2 saturated heterocycles. The number of nitrogens with zero attached hydrogens (tertiary/aromatic N) is 1. The summed E-state index contributed by atoms with van der Waals surface area (Å²) in [5.74, 6) is 0.922. The minimum Gasteiger partial charge on any atom is -0.381 e. The molecule has 1 amide bonds. The molecule has 0 aromatic carbocycles. The minimum absolute atomic E-state index is 0.365. The number of amides is 1. The number of carbonyl (C=O) groups is 1. The minimum atomic E-state index is 0.365. The molecule has 92 valence electrons. The van der Waals surface area contributed by atoms with E-state index in [1.807, 2.05) is 0 Å². The lowest BCUT2D eigenvalue weighted by Gasteiger charge is -2.29. The van der Waals surface area contributed by atoms with Crippen LogP contribution in [0.2, 0.25) is 0 Å². The predicted molar refractivity (Wildman–Crippen MR) is 63.2 cm³/mol. The molecule has 0 aromatic heterocycles. The van der Waals surface area contributed by atoms with Gasteiger partial charge in [-0.3, -0.25) is 4.79 Å². The molecular formula is C13H23NO2. The Morgan fingerprint density at radius 3 is 2.25 bits per heavy atom. The first-order chi connectivity index (χ1) is 7.68. The molecular weight excluding hydrogens is 202 g/mol. The first-order valence-electron chi connectivity index (χ1n) is 6.57. The van der Waals surface area contributed by atoms with Crippen molar-refractivity contribution >= 4 is 5.91 Å². The van der Waals surface area contributed by atoms with E-state index in [4.69, 9.17) is 4.74 Å². The highest BCUT2D eigenvalue weighted by Gasteiger charge is 2.32. The lowest BCUT2D eigenvalue weighted by atomic mass is 9.95. The number of hydrogen-bond acceptors (Lipinski definition) is 2. The highest BCUT2D eigenvalue weighted by Crippen LogP contribution is 2.27. The van der Waals surface area contributed by atoms with Gasteiger partial charge in [-0.1, -0.05) is 0 Å². The summed E-state index contributed by atoms with van der Waals surface area (Å²) in [6.45, 7) is 6.02. The van der Waals surface area contributed by atoms with E-state index < -0.39 is 0 Å². The Morgan fingerprint density at radius 1 is 1.12 bits per heavy atom. The maximum atomic E-state index is 12.2. The molecule has 0 unspecified atom stereocenters. The SMILES string of the molecule is C[C@@H]1CC[C@H](C)N1C(=O)CC1CCOCC1.